The summed E-state index contributed by atoms with van der Waals surface area (Å²) in [6.45, 7) is 1.70. The van der Waals surface area contributed by atoms with Crippen molar-refractivity contribution in [1.29, 1.82) is 0 Å². The van der Waals surface area contributed by atoms with Crippen molar-refractivity contribution in [3.8, 4) is 0 Å². The van der Waals surface area contributed by atoms with E-state index in [2.05, 4.69) is 0 Å². The fourth-order valence-electron chi connectivity index (χ4n) is 1.28. The van der Waals surface area contributed by atoms with Gasteiger partial charge in [0.05, 0.1) is 6.10 Å². The molecule has 2 atom stereocenters. The highest BCUT2D eigenvalue weighted by atomic mass is 19.1. The summed E-state index contributed by atoms with van der Waals surface area (Å²) in [7, 11) is 0. The molecule has 0 saturated heterocycles. The van der Waals surface area contributed by atoms with Crippen molar-refractivity contribution in [2.24, 2.45) is 5.73 Å². The van der Waals surface area contributed by atoms with Crippen molar-refractivity contribution in [3.63, 3.8) is 0 Å². The van der Waals surface area contributed by atoms with E-state index in [-0.39, 0.29) is 12.1 Å². The fourth-order valence-corrected chi connectivity index (χ4v) is 1.28. The molecular formula is C10H13F2NO. The minimum absolute atomic E-state index is 0.0536. The van der Waals surface area contributed by atoms with E-state index in [9.17, 15) is 13.9 Å². The summed E-state index contributed by atoms with van der Waals surface area (Å²) in [6.07, 6.45) is -0.810. The molecule has 2 unspecified atom stereocenters. The summed E-state index contributed by atoms with van der Waals surface area (Å²) < 4.78 is 25.8. The SMILES string of the molecule is CC(c1ccc(F)cc1F)C(O)CN. The Morgan fingerprint density at radius 3 is 2.57 bits per heavy atom. The molecule has 4 heteroatoms. The summed E-state index contributed by atoms with van der Waals surface area (Å²) >= 11 is 0. The number of hydrogen-bond acceptors (Lipinski definition) is 2. The molecule has 0 bridgehead atoms. The first kappa shape index (κ1) is 11.1. The first-order chi connectivity index (χ1) is 6.56. The second-order valence-corrected chi connectivity index (χ2v) is 3.26. The molecule has 0 radical (unpaired) electrons. The van der Waals surface area contributed by atoms with Gasteiger partial charge < -0.3 is 10.8 Å². The molecule has 0 saturated carbocycles. The van der Waals surface area contributed by atoms with Crippen LogP contribution in [0.15, 0.2) is 18.2 Å². The van der Waals surface area contributed by atoms with Crippen LogP contribution in [0.25, 0.3) is 0 Å². The summed E-state index contributed by atoms with van der Waals surface area (Å²) in [5, 5.41) is 9.39. The van der Waals surface area contributed by atoms with E-state index in [1.54, 1.807) is 6.92 Å². The van der Waals surface area contributed by atoms with Crippen molar-refractivity contribution in [3.05, 3.63) is 35.4 Å². The number of halogens is 2. The average Bonchev–Trinajstić information content (AvgIpc) is 2.15. The molecule has 0 aromatic heterocycles. The lowest BCUT2D eigenvalue weighted by molar-refractivity contribution is 0.156. The van der Waals surface area contributed by atoms with Gasteiger partial charge in [-0.25, -0.2) is 8.78 Å². The van der Waals surface area contributed by atoms with Crippen molar-refractivity contribution < 1.29 is 13.9 Å². The standard InChI is InChI=1S/C10H13F2NO/c1-6(10(14)5-13)8-3-2-7(11)4-9(8)12/h2-4,6,10,14H,5,13H2,1H3. The Morgan fingerprint density at radius 2 is 2.07 bits per heavy atom. The van der Waals surface area contributed by atoms with Gasteiger partial charge in [0.25, 0.3) is 0 Å². The highest BCUT2D eigenvalue weighted by Gasteiger charge is 2.18. The molecule has 3 N–H and O–H groups in total. The zero-order chi connectivity index (χ0) is 10.7. The Morgan fingerprint density at radius 1 is 1.43 bits per heavy atom. The minimum atomic E-state index is -0.810. The van der Waals surface area contributed by atoms with Crippen LogP contribution < -0.4 is 5.73 Å². The molecule has 0 aliphatic rings. The number of benzene rings is 1. The Bertz CT molecular complexity index is 317. The summed E-state index contributed by atoms with van der Waals surface area (Å²) in [6, 6.07) is 3.29. The number of hydrogen-bond donors (Lipinski definition) is 2. The van der Waals surface area contributed by atoms with Crippen LogP contribution in [0.4, 0.5) is 8.78 Å². The second kappa shape index (κ2) is 4.48. The van der Waals surface area contributed by atoms with E-state index in [1.807, 2.05) is 0 Å². The molecule has 14 heavy (non-hydrogen) atoms. The van der Waals surface area contributed by atoms with Crippen LogP contribution in [0.5, 0.6) is 0 Å². The lowest BCUT2D eigenvalue weighted by atomic mass is 9.95. The molecule has 0 fully saturated rings. The highest BCUT2D eigenvalue weighted by Crippen LogP contribution is 2.22. The van der Waals surface area contributed by atoms with Crippen molar-refractivity contribution in [2.45, 2.75) is 18.9 Å². The summed E-state index contributed by atoms with van der Waals surface area (Å²) in [4.78, 5) is 0. The number of nitrogens with two attached hydrogens (primary N) is 1. The molecule has 1 aromatic carbocycles. The number of aliphatic hydroxyl groups is 1. The molecule has 1 aromatic rings. The fraction of sp³-hybridized carbons (Fsp3) is 0.400. The van der Waals surface area contributed by atoms with Gasteiger partial charge in [0.2, 0.25) is 0 Å². The zero-order valence-corrected chi connectivity index (χ0v) is 7.87. The van der Waals surface area contributed by atoms with E-state index in [4.69, 9.17) is 5.73 Å². The van der Waals surface area contributed by atoms with Gasteiger partial charge in [-0.15, -0.1) is 0 Å². The molecule has 0 aliphatic carbocycles. The van der Waals surface area contributed by atoms with Crippen LogP contribution in [0.1, 0.15) is 18.4 Å². The Kier molecular flexibility index (Phi) is 3.55. The van der Waals surface area contributed by atoms with Crippen molar-refractivity contribution in [2.75, 3.05) is 6.54 Å². The van der Waals surface area contributed by atoms with Gasteiger partial charge in [0, 0.05) is 18.5 Å². The maximum absolute atomic E-state index is 13.2. The third-order valence-electron chi connectivity index (χ3n) is 2.27. The molecular weight excluding hydrogens is 188 g/mol. The first-order valence-electron chi connectivity index (χ1n) is 4.39. The van der Waals surface area contributed by atoms with E-state index in [0.29, 0.717) is 0 Å². The van der Waals surface area contributed by atoms with Gasteiger partial charge in [-0.3, -0.25) is 0 Å². The Labute approximate surface area is 81.4 Å². The minimum Gasteiger partial charge on any atom is -0.391 e. The average molecular weight is 201 g/mol. The van der Waals surface area contributed by atoms with E-state index in [1.165, 1.54) is 6.07 Å². The van der Waals surface area contributed by atoms with E-state index < -0.39 is 23.7 Å². The lowest BCUT2D eigenvalue weighted by Crippen LogP contribution is -2.26. The third-order valence-corrected chi connectivity index (χ3v) is 2.27. The van der Waals surface area contributed by atoms with E-state index in [0.717, 1.165) is 12.1 Å². The molecule has 0 aliphatic heterocycles. The largest absolute Gasteiger partial charge is 0.391 e. The number of rotatable bonds is 3. The predicted octanol–water partition coefficient (Wildman–Crippen LogP) is 1.39. The van der Waals surface area contributed by atoms with Gasteiger partial charge in [0.1, 0.15) is 11.6 Å². The molecule has 2 nitrogen and oxygen atoms in total. The molecule has 0 spiro atoms. The van der Waals surface area contributed by atoms with Crippen LogP contribution in [0.3, 0.4) is 0 Å². The molecule has 0 heterocycles. The predicted molar refractivity (Wildman–Crippen MR) is 49.8 cm³/mol. The normalized spacial score (nSPS) is 15.2. The third kappa shape index (κ3) is 2.27. The monoisotopic (exact) mass is 201 g/mol. The van der Waals surface area contributed by atoms with Crippen LogP contribution in [-0.4, -0.2) is 17.8 Å². The van der Waals surface area contributed by atoms with Crippen molar-refractivity contribution >= 4 is 0 Å². The highest BCUT2D eigenvalue weighted by molar-refractivity contribution is 5.23. The quantitative estimate of drug-likeness (QED) is 0.776. The maximum atomic E-state index is 13.2. The van der Waals surface area contributed by atoms with Gasteiger partial charge >= 0.3 is 0 Å². The molecule has 0 amide bonds. The first-order valence-corrected chi connectivity index (χ1v) is 4.39. The topological polar surface area (TPSA) is 46.2 Å². The lowest BCUT2D eigenvalue weighted by Gasteiger charge is -2.17. The second-order valence-electron chi connectivity index (χ2n) is 3.26. The van der Waals surface area contributed by atoms with Gasteiger partial charge in [-0.2, -0.15) is 0 Å². The zero-order valence-electron chi connectivity index (χ0n) is 7.87. The van der Waals surface area contributed by atoms with Crippen molar-refractivity contribution in [1.82, 2.24) is 0 Å². The van der Waals surface area contributed by atoms with E-state index >= 15 is 0 Å². The van der Waals surface area contributed by atoms with Crippen LogP contribution in [0, 0.1) is 11.6 Å². The summed E-state index contributed by atoms with van der Waals surface area (Å²) in [5.74, 6) is -1.70. The summed E-state index contributed by atoms with van der Waals surface area (Å²) in [5.41, 5.74) is 5.53. The van der Waals surface area contributed by atoms with Gasteiger partial charge in [-0.1, -0.05) is 13.0 Å². The van der Waals surface area contributed by atoms with Crippen LogP contribution in [-0.2, 0) is 0 Å². The van der Waals surface area contributed by atoms with Crippen LogP contribution >= 0.6 is 0 Å². The maximum Gasteiger partial charge on any atom is 0.129 e. The van der Waals surface area contributed by atoms with Crippen LogP contribution in [0.2, 0.25) is 0 Å². The smallest absolute Gasteiger partial charge is 0.129 e. The number of aliphatic hydroxyl groups excluding tert-OH is 1. The molecule has 78 valence electrons. The Balaban J connectivity index is 2.95. The molecule has 1 rings (SSSR count). The van der Waals surface area contributed by atoms with Gasteiger partial charge in [-0.05, 0) is 11.6 Å². The Hall–Kier alpha value is -1.00. The van der Waals surface area contributed by atoms with Gasteiger partial charge in [0.15, 0.2) is 0 Å².